The summed E-state index contributed by atoms with van der Waals surface area (Å²) in [5, 5.41) is 15.2. The van der Waals surface area contributed by atoms with E-state index in [9.17, 15) is 14.7 Å². The molecule has 0 radical (unpaired) electrons. The van der Waals surface area contributed by atoms with E-state index in [0.29, 0.717) is 70.2 Å². The Balaban J connectivity index is 1.33. The standard InChI is InChI=1S/C23H26BrClN6O4S/c1-11-16(24)17(25)18(28-11)14(32)7-13-5-6-30(9-15(13)35-2)23-29-19(20(36-23)22(33)34)21-26-10-27-31(21)8-12-3-4-12/h10,12-13,15,28H,3-9H2,1-2H3,(H,33,34)/t13-,15-/m0/s1. The average Bonchev–Trinajstić information content (AvgIpc) is 3.26. The van der Waals surface area contributed by atoms with Gasteiger partial charge in [-0.3, -0.25) is 4.79 Å². The molecule has 0 unspecified atom stereocenters. The van der Waals surface area contributed by atoms with E-state index in [1.54, 1.807) is 11.8 Å². The van der Waals surface area contributed by atoms with E-state index in [1.807, 2.05) is 11.8 Å². The number of H-pyrrole nitrogens is 1. The number of Topliss-reactive ketones (excluding diaryl/α,β-unsaturated/α-hetero) is 1. The molecule has 5 rings (SSSR count). The second-order valence-electron chi connectivity index (χ2n) is 9.34. The summed E-state index contributed by atoms with van der Waals surface area (Å²) in [6.07, 6.45) is 4.51. The highest BCUT2D eigenvalue weighted by atomic mass is 79.9. The monoisotopic (exact) mass is 596 g/mol. The van der Waals surface area contributed by atoms with Crippen LogP contribution in [-0.2, 0) is 11.3 Å². The van der Waals surface area contributed by atoms with Gasteiger partial charge in [-0.2, -0.15) is 5.10 Å². The van der Waals surface area contributed by atoms with E-state index in [4.69, 9.17) is 21.3 Å². The number of methoxy groups -OCH3 is 1. The summed E-state index contributed by atoms with van der Waals surface area (Å²) in [6, 6.07) is 0. The third-order valence-corrected chi connectivity index (χ3v) is 9.52. The van der Waals surface area contributed by atoms with Gasteiger partial charge in [0.2, 0.25) is 0 Å². The molecule has 3 aromatic rings. The summed E-state index contributed by atoms with van der Waals surface area (Å²) in [7, 11) is 1.63. The SMILES string of the molecule is CO[C@H]1CN(c2nc(-c3ncnn3CC3CC3)c(C(=O)O)s2)CC[C@H]1CC(=O)c1[nH]c(C)c(Br)c1Cl. The van der Waals surface area contributed by atoms with Gasteiger partial charge in [0.15, 0.2) is 16.7 Å². The molecule has 0 aromatic carbocycles. The number of hydrogen-bond acceptors (Lipinski definition) is 8. The lowest BCUT2D eigenvalue weighted by atomic mass is 9.88. The van der Waals surface area contributed by atoms with Crippen LogP contribution in [0.25, 0.3) is 11.5 Å². The minimum absolute atomic E-state index is 0.00258. The van der Waals surface area contributed by atoms with Gasteiger partial charge in [0.05, 0.1) is 15.6 Å². The zero-order valence-corrected chi connectivity index (χ0v) is 23.0. The van der Waals surface area contributed by atoms with Gasteiger partial charge in [0.1, 0.15) is 22.6 Å². The summed E-state index contributed by atoms with van der Waals surface area (Å²) in [5.74, 6) is -0.0595. The highest BCUT2D eigenvalue weighted by Crippen LogP contribution is 2.37. The number of nitrogens with one attached hydrogen (secondary N) is 1. The van der Waals surface area contributed by atoms with Gasteiger partial charge in [0, 0.05) is 38.9 Å². The Kier molecular flexibility index (Phi) is 7.21. The van der Waals surface area contributed by atoms with Gasteiger partial charge in [0.25, 0.3) is 0 Å². The maximum Gasteiger partial charge on any atom is 0.348 e. The molecule has 192 valence electrons. The molecule has 1 saturated carbocycles. The molecule has 1 aliphatic heterocycles. The normalized spacial score (nSPS) is 20.2. The van der Waals surface area contributed by atoms with E-state index >= 15 is 0 Å². The molecule has 0 bridgehead atoms. The number of carbonyl (C=O) groups is 2. The quantitative estimate of drug-likeness (QED) is 0.341. The molecule has 0 amide bonds. The third kappa shape index (κ3) is 4.96. The molecular weight excluding hydrogens is 572 g/mol. The molecule has 1 saturated heterocycles. The second-order valence-corrected chi connectivity index (χ2v) is 11.5. The van der Waals surface area contributed by atoms with Crippen LogP contribution in [0, 0.1) is 18.8 Å². The Morgan fingerprint density at radius 2 is 2.14 bits per heavy atom. The Labute approximate surface area is 225 Å². The van der Waals surface area contributed by atoms with Crippen LogP contribution in [0.2, 0.25) is 5.02 Å². The van der Waals surface area contributed by atoms with Crippen LogP contribution in [0.3, 0.4) is 0 Å². The summed E-state index contributed by atoms with van der Waals surface area (Å²) in [5.41, 5.74) is 1.56. The van der Waals surface area contributed by atoms with Crippen LogP contribution in [0.5, 0.6) is 0 Å². The fraction of sp³-hybridized carbons (Fsp3) is 0.522. The number of carboxylic acids is 1. The number of piperidine rings is 1. The second kappa shape index (κ2) is 10.2. The maximum absolute atomic E-state index is 13.0. The fourth-order valence-corrected chi connectivity index (χ4v) is 6.14. The lowest BCUT2D eigenvalue weighted by Crippen LogP contribution is -2.45. The molecule has 4 heterocycles. The van der Waals surface area contributed by atoms with Crippen LogP contribution >= 0.6 is 38.9 Å². The van der Waals surface area contributed by atoms with Gasteiger partial charge in [-0.25, -0.2) is 19.4 Å². The topological polar surface area (TPSA) is 126 Å². The van der Waals surface area contributed by atoms with E-state index in [2.05, 4.69) is 31.0 Å². The molecule has 2 fully saturated rings. The summed E-state index contributed by atoms with van der Waals surface area (Å²) >= 11 is 10.9. The number of halogens is 2. The van der Waals surface area contributed by atoms with Crippen molar-refractivity contribution in [3.05, 3.63) is 32.1 Å². The summed E-state index contributed by atoms with van der Waals surface area (Å²) < 4.78 is 8.22. The van der Waals surface area contributed by atoms with Crippen molar-refractivity contribution in [2.45, 2.75) is 45.3 Å². The van der Waals surface area contributed by atoms with E-state index in [-0.39, 0.29) is 22.7 Å². The minimum Gasteiger partial charge on any atom is -0.477 e. The molecule has 0 spiro atoms. The first kappa shape index (κ1) is 25.4. The van der Waals surface area contributed by atoms with Crippen molar-refractivity contribution in [2.24, 2.45) is 11.8 Å². The van der Waals surface area contributed by atoms with Crippen molar-refractivity contribution in [3.8, 4) is 11.5 Å². The number of thiazole rings is 1. The Hall–Kier alpha value is -2.28. The molecule has 36 heavy (non-hydrogen) atoms. The highest BCUT2D eigenvalue weighted by Gasteiger charge is 2.35. The number of carboxylic acid groups (broad SMARTS) is 1. The van der Waals surface area contributed by atoms with E-state index in [1.165, 1.54) is 6.33 Å². The van der Waals surface area contributed by atoms with Crippen LogP contribution in [-0.4, -0.2) is 67.9 Å². The largest absolute Gasteiger partial charge is 0.477 e. The maximum atomic E-state index is 13.0. The molecule has 3 aromatic heterocycles. The average molecular weight is 598 g/mol. The number of aryl methyl sites for hydroxylation is 1. The first-order chi connectivity index (χ1) is 17.3. The van der Waals surface area contributed by atoms with Crippen molar-refractivity contribution in [2.75, 3.05) is 25.1 Å². The Morgan fingerprint density at radius 1 is 1.36 bits per heavy atom. The predicted molar refractivity (Wildman–Crippen MR) is 139 cm³/mol. The van der Waals surface area contributed by atoms with E-state index in [0.717, 1.165) is 29.9 Å². The highest BCUT2D eigenvalue weighted by molar-refractivity contribution is 9.10. The van der Waals surface area contributed by atoms with Crippen molar-refractivity contribution < 1.29 is 19.4 Å². The number of ketones is 1. The summed E-state index contributed by atoms with van der Waals surface area (Å²) in [4.78, 5) is 39.3. The smallest absolute Gasteiger partial charge is 0.348 e. The number of hydrogen-bond donors (Lipinski definition) is 2. The lowest BCUT2D eigenvalue weighted by Gasteiger charge is -2.37. The minimum atomic E-state index is -1.04. The molecule has 10 nitrogen and oxygen atoms in total. The van der Waals surface area contributed by atoms with Crippen LogP contribution < -0.4 is 4.90 Å². The summed E-state index contributed by atoms with van der Waals surface area (Å²) in [6.45, 7) is 3.69. The number of rotatable bonds is 9. The predicted octanol–water partition coefficient (Wildman–Crippen LogP) is 4.68. The Bertz CT molecular complexity index is 1300. The zero-order valence-electron chi connectivity index (χ0n) is 19.8. The Morgan fingerprint density at radius 3 is 2.78 bits per heavy atom. The fourth-order valence-electron chi connectivity index (χ4n) is 4.61. The first-order valence-electron chi connectivity index (χ1n) is 11.7. The number of aromatic nitrogens is 5. The molecule has 2 atom stereocenters. The molecule has 1 aliphatic carbocycles. The van der Waals surface area contributed by atoms with Crippen LogP contribution in [0.15, 0.2) is 10.8 Å². The molecule has 2 aliphatic rings. The number of anilines is 1. The number of ether oxygens (including phenoxy) is 1. The third-order valence-electron chi connectivity index (χ3n) is 6.82. The zero-order chi connectivity index (χ0) is 25.6. The molecule has 13 heteroatoms. The number of nitrogens with zero attached hydrogens (tertiary/aromatic N) is 5. The van der Waals surface area contributed by atoms with Crippen molar-refractivity contribution >= 4 is 55.8 Å². The van der Waals surface area contributed by atoms with E-state index < -0.39 is 5.97 Å². The van der Waals surface area contributed by atoms with Crippen molar-refractivity contribution in [3.63, 3.8) is 0 Å². The number of carbonyl (C=O) groups excluding carboxylic acids is 1. The van der Waals surface area contributed by atoms with Gasteiger partial charge in [-0.15, -0.1) is 0 Å². The number of aromatic amines is 1. The number of aromatic carboxylic acids is 1. The first-order valence-corrected chi connectivity index (χ1v) is 13.7. The van der Waals surface area contributed by atoms with Crippen LogP contribution in [0.4, 0.5) is 5.13 Å². The molecular formula is C23H26BrClN6O4S. The van der Waals surface area contributed by atoms with Gasteiger partial charge < -0.3 is 19.7 Å². The van der Waals surface area contributed by atoms with Gasteiger partial charge >= 0.3 is 5.97 Å². The van der Waals surface area contributed by atoms with Gasteiger partial charge in [-0.1, -0.05) is 22.9 Å². The van der Waals surface area contributed by atoms with Crippen molar-refractivity contribution in [1.29, 1.82) is 0 Å². The molecule has 2 N–H and O–H groups in total. The van der Waals surface area contributed by atoms with Crippen LogP contribution in [0.1, 0.15) is 51.5 Å². The van der Waals surface area contributed by atoms with Crippen molar-refractivity contribution in [1.82, 2.24) is 24.7 Å². The van der Waals surface area contributed by atoms with Gasteiger partial charge in [-0.05, 0) is 54.0 Å². The lowest BCUT2D eigenvalue weighted by molar-refractivity contribution is 0.0375.